The van der Waals surface area contributed by atoms with Gasteiger partial charge in [-0.2, -0.15) is 9.97 Å². The molecule has 0 spiro atoms. The second-order valence-electron chi connectivity index (χ2n) is 6.96. The van der Waals surface area contributed by atoms with Gasteiger partial charge in [0.05, 0.1) is 23.6 Å². The number of rotatable bonds is 5. The van der Waals surface area contributed by atoms with Gasteiger partial charge >= 0.3 is 6.01 Å². The molecule has 0 N–H and O–H groups in total. The molecule has 5 heteroatoms. The summed E-state index contributed by atoms with van der Waals surface area (Å²) in [5.74, 6) is 1.41. The molecule has 5 nitrogen and oxygen atoms in total. The third kappa shape index (κ3) is 3.98. The van der Waals surface area contributed by atoms with E-state index in [1.807, 2.05) is 12.1 Å². The lowest BCUT2D eigenvalue weighted by Crippen LogP contribution is -2.16. The van der Waals surface area contributed by atoms with Gasteiger partial charge in [0, 0.05) is 18.1 Å². The van der Waals surface area contributed by atoms with Crippen LogP contribution in [-0.2, 0) is 6.42 Å². The van der Waals surface area contributed by atoms with Crippen LogP contribution in [-0.4, -0.2) is 27.7 Å². The molecule has 0 fully saturated rings. The van der Waals surface area contributed by atoms with Crippen molar-refractivity contribution in [3.05, 3.63) is 78.5 Å². The molecule has 4 rings (SSSR count). The van der Waals surface area contributed by atoms with E-state index in [0.717, 1.165) is 29.6 Å². The number of aliphatic imine (C=N–C) groups is 1. The molecule has 28 heavy (non-hydrogen) atoms. The zero-order valence-corrected chi connectivity index (χ0v) is 15.8. The Kier molecular flexibility index (Phi) is 5.24. The van der Waals surface area contributed by atoms with Crippen molar-refractivity contribution in [3.63, 3.8) is 0 Å². The molecule has 0 radical (unpaired) electrons. The fraction of sp³-hybridized carbons (Fsp3) is 0.217. The van der Waals surface area contributed by atoms with Gasteiger partial charge in [-0.1, -0.05) is 43.8 Å². The highest BCUT2D eigenvalue weighted by Gasteiger charge is 2.20. The van der Waals surface area contributed by atoms with Gasteiger partial charge in [0.2, 0.25) is 0 Å². The SMILES string of the molecule is C=Cc1nc(OC2=CC(C)C(Cc3ccccc3)CN=C2)nc2cnccc12. The molecule has 140 valence electrons. The Labute approximate surface area is 164 Å². The van der Waals surface area contributed by atoms with E-state index in [9.17, 15) is 0 Å². The molecule has 1 aromatic carbocycles. The fourth-order valence-electron chi connectivity index (χ4n) is 3.40. The summed E-state index contributed by atoms with van der Waals surface area (Å²) in [5.41, 5.74) is 2.78. The molecule has 2 unspecified atom stereocenters. The van der Waals surface area contributed by atoms with Gasteiger partial charge in [-0.15, -0.1) is 0 Å². The van der Waals surface area contributed by atoms with Crippen LogP contribution in [0.1, 0.15) is 18.2 Å². The predicted octanol–water partition coefficient (Wildman–Crippen LogP) is 4.51. The Hall–Kier alpha value is -3.34. The number of benzene rings is 1. The first kappa shape index (κ1) is 18.0. The average Bonchev–Trinajstić information content (AvgIpc) is 2.89. The molecule has 1 aliphatic rings. The highest BCUT2D eigenvalue weighted by atomic mass is 16.5. The highest BCUT2D eigenvalue weighted by molar-refractivity contribution is 5.85. The number of nitrogens with zero attached hydrogens (tertiary/aromatic N) is 4. The fourth-order valence-corrected chi connectivity index (χ4v) is 3.40. The summed E-state index contributed by atoms with van der Waals surface area (Å²) in [6.07, 6.45) is 9.98. The molecule has 1 aliphatic heterocycles. The topological polar surface area (TPSA) is 60.3 Å². The van der Waals surface area contributed by atoms with Crippen LogP contribution in [0, 0.1) is 11.8 Å². The lowest BCUT2D eigenvalue weighted by atomic mass is 9.88. The van der Waals surface area contributed by atoms with E-state index >= 15 is 0 Å². The smallest absolute Gasteiger partial charge is 0.323 e. The highest BCUT2D eigenvalue weighted by Crippen LogP contribution is 2.24. The van der Waals surface area contributed by atoms with E-state index in [1.54, 1.807) is 24.7 Å². The van der Waals surface area contributed by atoms with Gasteiger partial charge < -0.3 is 4.74 Å². The number of aromatic nitrogens is 3. The molecular formula is C23H22N4O. The van der Waals surface area contributed by atoms with Gasteiger partial charge in [-0.3, -0.25) is 9.98 Å². The van der Waals surface area contributed by atoms with Crippen LogP contribution in [0.5, 0.6) is 6.01 Å². The van der Waals surface area contributed by atoms with Crippen molar-refractivity contribution in [2.75, 3.05) is 6.54 Å². The molecule has 0 saturated carbocycles. The van der Waals surface area contributed by atoms with Crippen LogP contribution in [0.15, 0.2) is 72.2 Å². The van der Waals surface area contributed by atoms with Crippen molar-refractivity contribution in [2.45, 2.75) is 13.3 Å². The summed E-state index contributed by atoms with van der Waals surface area (Å²) in [6, 6.07) is 12.7. The minimum absolute atomic E-state index is 0.279. The van der Waals surface area contributed by atoms with Crippen LogP contribution < -0.4 is 4.74 Å². The van der Waals surface area contributed by atoms with Crippen molar-refractivity contribution < 1.29 is 4.74 Å². The van der Waals surface area contributed by atoms with E-state index in [-0.39, 0.29) is 6.01 Å². The second-order valence-corrected chi connectivity index (χ2v) is 6.96. The van der Waals surface area contributed by atoms with E-state index in [4.69, 9.17) is 4.74 Å². The molecular weight excluding hydrogens is 348 g/mol. The second kappa shape index (κ2) is 8.13. The van der Waals surface area contributed by atoms with Crippen molar-refractivity contribution in [3.8, 4) is 6.01 Å². The van der Waals surface area contributed by atoms with Crippen LogP contribution in [0.3, 0.4) is 0 Å². The minimum Gasteiger partial charge on any atom is -0.423 e. The minimum atomic E-state index is 0.279. The van der Waals surface area contributed by atoms with Crippen molar-refractivity contribution in [2.24, 2.45) is 16.8 Å². The summed E-state index contributed by atoms with van der Waals surface area (Å²) < 4.78 is 5.97. The molecule has 0 aliphatic carbocycles. The monoisotopic (exact) mass is 370 g/mol. The molecule has 0 bridgehead atoms. The first-order chi connectivity index (χ1) is 13.7. The number of hydrogen-bond donors (Lipinski definition) is 0. The maximum Gasteiger partial charge on any atom is 0.323 e. The lowest BCUT2D eigenvalue weighted by molar-refractivity contribution is 0.398. The van der Waals surface area contributed by atoms with Gasteiger partial charge in [0.1, 0.15) is 5.76 Å². The van der Waals surface area contributed by atoms with Gasteiger partial charge in [0.15, 0.2) is 0 Å². The summed E-state index contributed by atoms with van der Waals surface area (Å²) in [4.78, 5) is 17.7. The van der Waals surface area contributed by atoms with Crippen molar-refractivity contribution >= 4 is 23.2 Å². The van der Waals surface area contributed by atoms with Crippen LogP contribution in [0.2, 0.25) is 0 Å². The Morgan fingerprint density at radius 2 is 2.04 bits per heavy atom. The zero-order chi connectivity index (χ0) is 19.3. The van der Waals surface area contributed by atoms with Crippen molar-refractivity contribution in [1.29, 1.82) is 0 Å². The zero-order valence-electron chi connectivity index (χ0n) is 15.8. The molecule has 3 heterocycles. The number of fused-ring (bicyclic) bond motifs is 1. The van der Waals surface area contributed by atoms with Gasteiger partial charge in [-0.05, 0) is 42.0 Å². The Morgan fingerprint density at radius 3 is 2.86 bits per heavy atom. The third-order valence-electron chi connectivity index (χ3n) is 4.98. The summed E-state index contributed by atoms with van der Waals surface area (Å²) in [7, 11) is 0. The number of hydrogen-bond acceptors (Lipinski definition) is 5. The molecule has 2 atom stereocenters. The molecule has 0 saturated heterocycles. The van der Waals surface area contributed by atoms with E-state index in [1.165, 1.54) is 5.56 Å². The number of allylic oxidation sites excluding steroid dienone is 2. The average molecular weight is 370 g/mol. The predicted molar refractivity (Wildman–Crippen MR) is 112 cm³/mol. The van der Waals surface area contributed by atoms with Crippen molar-refractivity contribution in [1.82, 2.24) is 15.0 Å². The maximum absolute atomic E-state index is 5.97. The summed E-state index contributed by atoms with van der Waals surface area (Å²) >= 11 is 0. The van der Waals surface area contributed by atoms with Crippen LogP contribution in [0.25, 0.3) is 17.0 Å². The standard InChI is InChI=1S/C23H22N4O/c1-3-21-20-9-10-24-15-22(20)27-23(26-21)28-19-11-16(2)18(13-25-14-19)12-17-7-5-4-6-8-17/h3-11,14-16,18H,1,12-13H2,2H3. The quantitative estimate of drug-likeness (QED) is 0.663. The van der Waals surface area contributed by atoms with Crippen LogP contribution >= 0.6 is 0 Å². The Balaban J connectivity index is 1.56. The summed E-state index contributed by atoms with van der Waals surface area (Å²) in [6.45, 7) is 6.80. The summed E-state index contributed by atoms with van der Waals surface area (Å²) in [5, 5.41) is 0.900. The normalized spacial score (nSPS) is 19.1. The maximum atomic E-state index is 5.97. The first-order valence-electron chi connectivity index (χ1n) is 9.40. The van der Waals surface area contributed by atoms with Gasteiger partial charge in [0.25, 0.3) is 0 Å². The third-order valence-corrected chi connectivity index (χ3v) is 4.98. The van der Waals surface area contributed by atoms with E-state index in [2.05, 4.69) is 63.8 Å². The Bertz CT molecular complexity index is 1040. The van der Waals surface area contributed by atoms with Gasteiger partial charge in [-0.25, -0.2) is 0 Å². The number of ether oxygens (including phenoxy) is 1. The van der Waals surface area contributed by atoms with E-state index in [0.29, 0.717) is 17.6 Å². The molecule has 0 amide bonds. The lowest BCUT2D eigenvalue weighted by Gasteiger charge is -2.18. The number of pyridine rings is 1. The molecule has 3 aromatic rings. The molecule has 2 aromatic heterocycles. The first-order valence-corrected chi connectivity index (χ1v) is 9.40. The van der Waals surface area contributed by atoms with E-state index < -0.39 is 0 Å². The van der Waals surface area contributed by atoms with Crippen LogP contribution in [0.4, 0.5) is 0 Å². The largest absolute Gasteiger partial charge is 0.423 e. The Morgan fingerprint density at radius 1 is 1.18 bits per heavy atom.